The molecule has 0 aliphatic carbocycles. The normalized spacial score (nSPS) is 22.4. The molecule has 1 atom stereocenters. The third-order valence-electron chi connectivity index (χ3n) is 5.11. The third kappa shape index (κ3) is 3.26. The maximum absolute atomic E-state index is 13.6. The number of hydrogen-bond acceptors (Lipinski definition) is 7. The van der Waals surface area contributed by atoms with E-state index >= 15 is 0 Å². The number of rotatable bonds is 4. The number of nitro benzene ring substituents is 1. The highest BCUT2D eigenvalue weighted by molar-refractivity contribution is 7.58. The molecule has 3 rings (SSSR count). The Morgan fingerprint density at radius 2 is 1.86 bits per heavy atom. The van der Waals surface area contributed by atoms with Crippen LogP contribution in [0.4, 0.5) is 5.69 Å². The van der Waals surface area contributed by atoms with Gasteiger partial charge in [-0.2, -0.15) is 0 Å². The number of benzene rings is 1. The van der Waals surface area contributed by atoms with E-state index in [2.05, 4.69) is 0 Å². The molecule has 0 aromatic heterocycles. The van der Waals surface area contributed by atoms with Gasteiger partial charge in [0.05, 0.1) is 34.9 Å². The van der Waals surface area contributed by atoms with Gasteiger partial charge in [-0.25, -0.2) is 4.79 Å². The number of nitrogens with zero attached hydrogens (tertiary/aromatic N) is 2. The van der Waals surface area contributed by atoms with Gasteiger partial charge < -0.3 is 19.1 Å². The summed E-state index contributed by atoms with van der Waals surface area (Å²) in [7, 11) is -2.19. The molecule has 0 radical (unpaired) electrons. The summed E-state index contributed by atoms with van der Waals surface area (Å²) < 4.78 is 24.6. The predicted octanol–water partition coefficient (Wildman–Crippen LogP) is 3.84. The summed E-state index contributed by atoms with van der Waals surface area (Å²) in [5.74, 6) is -2.37. The SMILES string of the molecule is CC1=C(C(=O)O)C(c2ccccc2[N+](=O)[O-])C(P2(=O)OCCCO2)=C(C)N1C. The molecule has 0 spiro atoms. The van der Waals surface area contributed by atoms with Crippen LogP contribution < -0.4 is 0 Å². The monoisotopic (exact) mass is 408 g/mol. The fourth-order valence-corrected chi connectivity index (χ4v) is 5.82. The lowest BCUT2D eigenvalue weighted by Gasteiger charge is -2.38. The minimum absolute atomic E-state index is 0.0922. The van der Waals surface area contributed by atoms with Crippen LogP contribution in [-0.2, 0) is 18.4 Å². The van der Waals surface area contributed by atoms with E-state index in [0.717, 1.165) is 0 Å². The molecule has 1 saturated heterocycles. The second kappa shape index (κ2) is 7.50. The Balaban J connectivity index is 2.34. The van der Waals surface area contributed by atoms with Gasteiger partial charge in [0.2, 0.25) is 0 Å². The predicted molar refractivity (Wildman–Crippen MR) is 101 cm³/mol. The first-order chi connectivity index (χ1) is 13.2. The van der Waals surface area contributed by atoms with Crippen molar-refractivity contribution in [2.24, 2.45) is 0 Å². The summed E-state index contributed by atoms with van der Waals surface area (Å²) in [4.78, 5) is 24.8. The highest BCUT2D eigenvalue weighted by Gasteiger charge is 2.48. The largest absolute Gasteiger partial charge is 0.478 e. The number of nitro groups is 1. The molecule has 10 heteroatoms. The summed E-state index contributed by atoms with van der Waals surface area (Å²) in [5, 5.41) is 21.7. The summed E-state index contributed by atoms with van der Waals surface area (Å²) in [6.45, 7) is 3.70. The lowest BCUT2D eigenvalue weighted by molar-refractivity contribution is -0.385. The number of carbonyl (C=O) groups is 1. The fraction of sp³-hybridized carbons (Fsp3) is 0.389. The van der Waals surface area contributed by atoms with Crippen LogP contribution in [0.25, 0.3) is 0 Å². The van der Waals surface area contributed by atoms with E-state index in [1.807, 2.05) is 0 Å². The van der Waals surface area contributed by atoms with Crippen molar-refractivity contribution in [2.75, 3.05) is 20.3 Å². The molecule has 2 heterocycles. The van der Waals surface area contributed by atoms with Gasteiger partial charge in [0.25, 0.3) is 5.69 Å². The van der Waals surface area contributed by atoms with E-state index in [-0.39, 0.29) is 35.4 Å². The van der Waals surface area contributed by atoms with Gasteiger partial charge in [-0.15, -0.1) is 0 Å². The fourth-order valence-electron chi connectivity index (χ4n) is 3.60. The molecule has 1 aromatic carbocycles. The first-order valence-electron chi connectivity index (χ1n) is 8.70. The molecule has 0 saturated carbocycles. The minimum Gasteiger partial charge on any atom is -0.478 e. The number of allylic oxidation sites excluding steroid dienone is 3. The van der Waals surface area contributed by atoms with E-state index in [1.54, 1.807) is 31.9 Å². The van der Waals surface area contributed by atoms with E-state index < -0.39 is 24.4 Å². The number of para-hydroxylation sites is 1. The van der Waals surface area contributed by atoms with E-state index in [1.165, 1.54) is 18.2 Å². The van der Waals surface area contributed by atoms with Gasteiger partial charge in [-0.05, 0) is 20.3 Å². The standard InChI is InChI=1S/C18H21N2O7P/c1-11-15(18(21)22)16(13-7-4-5-8-14(13)20(23)24)17(12(2)19(11)3)28(25)26-9-6-10-27-28/h4-5,7-8,16H,6,9-10H2,1-3H3,(H,21,22). The zero-order valence-electron chi connectivity index (χ0n) is 15.7. The molecule has 0 amide bonds. The zero-order chi connectivity index (χ0) is 20.6. The summed E-state index contributed by atoms with van der Waals surface area (Å²) in [6.07, 6.45) is 0.558. The number of hydrogen-bond donors (Lipinski definition) is 1. The van der Waals surface area contributed by atoms with Crippen molar-refractivity contribution in [1.29, 1.82) is 0 Å². The highest BCUT2D eigenvalue weighted by Crippen LogP contribution is 2.66. The van der Waals surface area contributed by atoms with Crippen LogP contribution in [0.15, 0.2) is 46.5 Å². The van der Waals surface area contributed by atoms with Crippen LogP contribution >= 0.6 is 7.60 Å². The van der Waals surface area contributed by atoms with Crippen LogP contribution in [0.3, 0.4) is 0 Å². The second-order valence-corrected chi connectivity index (χ2v) is 8.59. The van der Waals surface area contributed by atoms with Crippen molar-refractivity contribution in [1.82, 2.24) is 4.90 Å². The Labute approximate surface area is 161 Å². The Morgan fingerprint density at radius 3 is 2.43 bits per heavy atom. The van der Waals surface area contributed by atoms with Crippen LogP contribution in [0.2, 0.25) is 0 Å². The molecule has 2 aliphatic rings. The van der Waals surface area contributed by atoms with Gasteiger partial charge in [-0.3, -0.25) is 14.7 Å². The summed E-state index contributed by atoms with van der Waals surface area (Å²) in [6, 6.07) is 5.86. The van der Waals surface area contributed by atoms with Crippen LogP contribution in [0.1, 0.15) is 31.7 Å². The molecule has 2 aliphatic heterocycles. The lowest BCUT2D eigenvalue weighted by atomic mass is 9.85. The van der Waals surface area contributed by atoms with Crippen molar-refractivity contribution in [2.45, 2.75) is 26.2 Å². The molecule has 0 bridgehead atoms. The smallest absolute Gasteiger partial charge is 0.360 e. The number of aliphatic carboxylic acids is 1. The summed E-state index contributed by atoms with van der Waals surface area (Å²) >= 11 is 0. The van der Waals surface area contributed by atoms with Crippen molar-refractivity contribution >= 4 is 19.3 Å². The lowest BCUT2D eigenvalue weighted by Crippen LogP contribution is -2.31. The molecule has 28 heavy (non-hydrogen) atoms. The van der Waals surface area contributed by atoms with E-state index in [9.17, 15) is 24.6 Å². The van der Waals surface area contributed by atoms with Crippen LogP contribution in [0, 0.1) is 10.1 Å². The van der Waals surface area contributed by atoms with Gasteiger partial charge >= 0.3 is 13.6 Å². The maximum Gasteiger partial charge on any atom is 0.360 e. The van der Waals surface area contributed by atoms with Crippen molar-refractivity contribution in [3.05, 3.63) is 62.2 Å². The number of carboxylic acid groups (broad SMARTS) is 1. The molecule has 1 fully saturated rings. The Hall–Kier alpha value is -2.48. The van der Waals surface area contributed by atoms with Crippen LogP contribution in [0.5, 0.6) is 0 Å². The second-order valence-electron chi connectivity index (χ2n) is 6.60. The highest BCUT2D eigenvalue weighted by atomic mass is 31.2. The molecular formula is C18H21N2O7P. The van der Waals surface area contributed by atoms with E-state index in [0.29, 0.717) is 17.8 Å². The summed E-state index contributed by atoms with van der Waals surface area (Å²) in [5.41, 5.74) is 0.694. The topological polar surface area (TPSA) is 119 Å². The third-order valence-corrected chi connectivity index (χ3v) is 7.33. The average Bonchev–Trinajstić information content (AvgIpc) is 2.65. The Kier molecular flexibility index (Phi) is 5.43. The molecular weight excluding hydrogens is 387 g/mol. The Morgan fingerprint density at radius 1 is 1.25 bits per heavy atom. The van der Waals surface area contributed by atoms with E-state index in [4.69, 9.17) is 9.05 Å². The number of carboxylic acids is 1. The average molecular weight is 408 g/mol. The Bertz CT molecular complexity index is 943. The molecule has 1 unspecified atom stereocenters. The van der Waals surface area contributed by atoms with Gasteiger partial charge in [0.15, 0.2) is 0 Å². The van der Waals surface area contributed by atoms with Crippen molar-refractivity contribution < 1.29 is 28.4 Å². The maximum atomic E-state index is 13.6. The van der Waals surface area contributed by atoms with Gasteiger partial charge in [0.1, 0.15) is 0 Å². The van der Waals surface area contributed by atoms with Crippen molar-refractivity contribution in [3.8, 4) is 0 Å². The van der Waals surface area contributed by atoms with Gasteiger partial charge in [0, 0.05) is 30.1 Å². The zero-order valence-corrected chi connectivity index (χ0v) is 16.6. The molecule has 1 N–H and O–H groups in total. The van der Waals surface area contributed by atoms with Gasteiger partial charge in [-0.1, -0.05) is 18.2 Å². The molecule has 1 aromatic rings. The van der Waals surface area contributed by atoms with Crippen LogP contribution in [-0.4, -0.2) is 41.2 Å². The first kappa shape index (κ1) is 20.3. The molecule has 9 nitrogen and oxygen atoms in total. The first-order valence-corrected chi connectivity index (χ1v) is 10.2. The van der Waals surface area contributed by atoms with Crippen molar-refractivity contribution in [3.63, 3.8) is 0 Å². The quantitative estimate of drug-likeness (QED) is 0.453. The molecule has 150 valence electrons. The minimum atomic E-state index is -3.84.